The molecule has 0 amide bonds. The quantitative estimate of drug-likeness (QED) is 0.645. The van der Waals surface area contributed by atoms with Crippen molar-refractivity contribution in [2.75, 3.05) is 0 Å². The molecule has 0 spiro atoms. The van der Waals surface area contributed by atoms with Crippen molar-refractivity contribution >= 4 is 0 Å². The maximum absolute atomic E-state index is 13.4. The summed E-state index contributed by atoms with van der Waals surface area (Å²) in [5.74, 6) is -0.266. The van der Waals surface area contributed by atoms with Crippen molar-refractivity contribution < 1.29 is 4.39 Å². The first-order valence-corrected chi connectivity index (χ1v) is 7.35. The fraction of sp³-hybridized carbons (Fsp3) is 0.150. The van der Waals surface area contributed by atoms with E-state index in [9.17, 15) is 4.39 Å². The SMILES string of the molecule is CC(C)(c1ccccc1)c1cccc(-c2cc(F)ccn2)c1. The van der Waals surface area contributed by atoms with E-state index in [1.165, 1.54) is 29.5 Å². The first-order valence-electron chi connectivity index (χ1n) is 7.35. The van der Waals surface area contributed by atoms with E-state index in [2.05, 4.69) is 55.2 Å². The minimum atomic E-state index is -0.266. The molecule has 22 heavy (non-hydrogen) atoms. The van der Waals surface area contributed by atoms with Gasteiger partial charge in [0.2, 0.25) is 0 Å². The molecule has 0 aliphatic heterocycles. The first kappa shape index (κ1) is 14.5. The number of aromatic nitrogens is 1. The van der Waals surface area contributed by atoms with Crippen molar-refractivity contribution in [1.29, 1.82) is 0 Å². The molecular formula is C20H18FN. The van der Waals surface area contributed by atoms with Gasteiger partial charge in [-0.3, -0.25) is 4.98 Å². The van der Waals surface area contributed by atoms with Crippen molar-refractivity contribution in [3.63, 3.8) is 0 Å². The van der Waals surface area contributed by atoms with Crippen molar-refractivity contribution in [1.82, 2.24) is 4.98 Å². The standard InChI is InChI=1S/C20H18FN/c1-20(2,16-8-4-3-5-9-16)17-10-6-7-15(13-17)19-14-18(21)11-12-22-19/h3-14H,1-2H3. The maximum Gasteiger partial charge on any atom is 0.126 e. The van der Waals surface area contributed by atoms with Crippen molar-refractivity contribution in [3.8, 4) is 11.3 Å². The predicted molar refractivity (Wildman–Crippen MR) is 88.2 cm³/mol. The average Bonchev–Trinajstić information content (AvgIpc) is 2.56. The van der Waals surface area contributed by atoms with Gasteiger partial charge in [-0.2, -0.15) is 0 Å². The Kier molecular flexibility index (Phi) is 3.76. The summed E-state index contributed by atoms with van der Waals surface area (Å²) in [7, 11) is 0. The Labute approximate surface area is 130 Å². The molecule has 1 aromatic heterocycles. The average molecular weight is 291 g/mol. The van der Waals surface area contributed by atoms with Crippen LogP contribution in [0.5, 0.6) is 0 Å². The third kappa shape index (κ3) is 2.77. The van der Waals surface area contributed by atoms with Crippen molar-refractivity contribution in [3.05, 3.63) is 89.9 Å². The Morgan fingerprint density at radius 3 is 2.27 bits per heavy atom. The Balaban J connectivity index is 2.05. The second-order valence-corrected chi connectivity index (χ2v) is 5.93. The molecule has 0 fully saturated rings. The Bertz CT molecular complexity index is 778. The lowest BCUT2D eigenvalue weighted by Gasteiger charge is -2.26. The molecule has 0 bridgehead atoms. The molecule has 0 radical (unpaired) electrons. The van der Waals surface area contributed by atoms with Crippen LogP contribution in [0.1, 0.15) is 25.0 Å². The normalized spacial score (nSPS) is 11.4. The number of nitrogens with zero attached hydrogens (tertiary/aromatic N) is 1. The van der Waals surface area contributed by atoms with Gasteiger partial charge in [0.1, 0.15) is 5.82 Å². The molecule has 0 N–H and O–H groups in total. The molecule has 110 valence electrons. The van der Waals surface area contributed by atoms with Gasteiger partial charge in [0.05, 0.1) is 5.69 Å². The zero-order valence-corrected chi connectivity index (χ0v) is 12.8. The van der Waals surface area contributed by atoms with Gasteiger partial charge in [0, 0.05) is 23.2 Å². The predicted octanol–water partition coefficient (Wildman–Crippen LogP) is 5.21. The van der Waals surface area contributed by atoms with Crippen LogP contribution >= 0.6 is 0 Å². The molecule has 2 aromatic carbocycles. The highest BCUT2D eigenvalue weighted by Crippen LogP contribution is 2.33. The molecule has 1 heterocycles. The molecule has 3 aromatic rings. The van der Waals surface area contributed by atoms with E-state index in [1.807, 2.05) is 18.2 Å². The summed E-state index contributed by atoms with van der Waals surface area (Å²) in [5, 5.41) is 0. The molecular weight excluding hydrogens is 273 g/mol. The molecule has 2 heteroatoms. The van der Waals surface area contributed by atoms with Crippen LogP contribution in [0.2, 0.25) is 0 Å². The van der Waals surface area contributed by atoms with Gasteiger partial charge < -0.3 is 0 Å². The summed E-state index contributed by atoms with van der Waals surface area (Å²) in [6, 6.07) is 21.4. The van der Waals surface area contributed by atoms with Gasteiger partial charge >= 0.3 is 0 Å². The van der Waals surface area contributed by atoms with E-state index in [-0.39, 0.29) is 11.2 Å². The molecule has 0 saturated carbocycles. The largest absolute Gasteiger partial charge is 0.256 e. The van der Waals surface area contributed by atoms with Gasteiger partial charge in [-0.05, 0) is 23.3 Å². The van der Waals surface area contributed by atoms with Crippen LogP contribution in [-0.4, -0.2) is 4.98 Å². The lowest BCUT2D eigenvalue weighted by atomic mass is 9.77. The minimum absolute atomic E-state index is 0.120. The Morgan fingerprint density at radius 1 is 0.818 bits per heavy atom. The molecule has 0 atom stereocenters. The number of benzene rings is 2. The zero-order chi connectivity index (χ0) is 15.6. The van der Waals surface area contributed by atoms with E-state index in [0.717, 1.165) is 5.56 Å². The summed E-state index contributed by atoms with van der Waals surface area (Å²) in [6.07, 6.45) is 1.50. The molecule has 0 aliphatic carbocycles. The van der Waals surface area contributed by atoms with E-state index in [4.69, 9.17) is 0 Å². The van der Waals surface area contributed by atoms with Crippen LogP contribution in [0.25, 0.3) is 11.3 Å². The van der Waals surface area contributed by atoms with Crippen LogP contribution in [0, 0.1) is 5.82 Å². The van der Waals surface area contributed by atoms with Gasteiger partial charge in [-0.1, -0.05) is 62.4 Å². The van der Waals surface area contributed by atoms with Crippen LogP contribution in [0.3, 0.4) is 0 Å². The van der Waals surface area contributed by atoms with Crippen molar-refractivity contribution in [2.24, 2.45) is 0 Å². The molecule has 0 saturated heterocycles. The first-order chi connectivity index (χ1) is 10.6. The second-order valence-electron chi connectivity index (χ2n) is 5.93. The molecule has 0 aliphatic rings. The van der Waals surface area contributed by atoms with E-state index in [0.29, 0.717) is 5.69 Å². The molecule has 3 rings (SSSR count). The number of hydrogen-bond acceptors (Lipinski definition) is 1. The fourth-order valence-corrected chi connectivity index (χ4v) is 2.65. The van der Waals surface area contributed by atoms with E-state index >= 15 is 0 Å². The number of halogens is 1. The fourth-order valence-electron chi connectivity index (χ4n) is 2.65. The van der Waals surface area contributed by atoms with Gasteiger partial charge in [-0.25, -0.2) is 4.39 Å². The Hall–Kier alpha value is -2.48. The third-order valence-corrected chi connectivity index (χ3v) is 4.10. The van der Waals surface area contributed by atoms with Gasteiger partial charge in [0.25, 0.3) is 0 Å². The smallest absolute Gasteiger partial charge is 0.126 e. The van der Waals surface area contributed by atoms with Crippen LogP contribution in [0.4, 0.5) is 4.39 Å². The topological polar surface area (TPSA) is 12.9 Å². The second kappa shape index (κ2) is 5.72. The molecule has 0 unspecified atom stereocenters. The number of hydrogen-bond donors (Lipinski definition) is 0. The molecule has 1 nitrogen and oxygen atoms in total. The lowest BCUT2D eigenvalue weighted by molar-refractivity contribution is 0.626. The highest BCUT2D eigenvalue weighted by Gasteiger charge is 2.23. The zero-order valence-electron chi connectivity index (χ0n) is 12.8. The van der Waals surface area contributed by atoms with E-state index < -0.39 is 0 Å². The third-order valence-electron chi connectivity index (χ3n) is 4.10. The maximum atomic E-state index is 13.4. The van der Waals surface area contributed by atoms with Gasteiger partial charge in [-0.15, -0.1) is 0 Å². The summed E-state index contributed by atoms with van der Waals surface area (Å²) in [4.78, 5) is 4.27. The summed E-state index contributed by atoms with van der Waals surface area (Å²) < 4.78 is 13.4. The van der Waals surface area contributed by atoms with E-state index in [1.54, 1.807) is 0 Å². The van der Waals surface area contributed by atoms with Crippen molar-refractivity contribution in [2.45, 2.75) is 19.3 Å². The minimum Gasteiger partial charge on any atom is -0.256 e. The van der Waals surface area contributed by atoms with Crippen LogP contribution in [0.15, 0.2) is 72.9 Å². The van der Waals surface area contributed by atoms with Crippen LogP contribution < -0.4 is 0 Å². The highest BCUT2D eigenvalue weighted by atomic mass is 19.1. The summed E-state index contributed by atoms with van der Waals surface area (Å²) >= 11 is 0. The lowest BCUT2D eigenvalue weighted by Crippen LogP contribution is -2.18. The van der Waals surface area contributed by atoms with Crippen LogP contribution in [-0.2, 0) is 5.41 Å². The number of rotatable bonds is 3. The highest BCUT2D eigenvalue weighted by molar-refractivity contribution is 5.61. The monoisotopic (exact) mass is 291 g/mol. The number of pyridine rings is 1. The summed E-state index contributed by atoms with van der Waals surface area (Å²) in [5.41, 5.74) is 3.90. The van der Waals surface area contributed by atoms with Gasteiger partial charge in [0.15, 0.2) is 0 Å². The Morgan fingerprint density at radius 2 is 1.55 bits per heavy atom. The summed E-state index contributed by atoms with van der Waals surface area (Å²) in [6.45, 7) is 4.39.